The van der Waals surface area contributed by atoms with Crippen LogP contribution >= 0.6 is 0 Å². The lowest BCUT2D eigenvalue weighted by atomic mass is 10.1. The molecule has 0 bridgehead atoms. The van der Waals surface area contributed by atoms with Crippen molar-refractivity contribution in [2.45, 2.75) is 18.6 Å². The Morgan fingerprint density at radius 3 is 3.08 bits per heavy atom. The van der Waals surface area contributed by atoms with Crippen LogP contribution < -0.4 is 16.6 Å². The molecule has 2 atom stereocenters. The van der Waals surface area contributed by atoms with Crippen molar-refractivity contribution >= 4 is 17.5 Å². The Morgan fingerprint density at radius 1 is 1.50 bits per heavy atom. The number of carbonyl (C=O) groups is 2. The number of hydrogen-bond acceptors (Lipinski definition) is 7. The highest BCUT2D eigenvalue weighted by atomic mass is 16.5. The lowest BCUT2D eigenvalue weighted by Crippen LogP contribution is -2.52. The minimum atomic E-state index is -0.650. The molecule has 3 rings (SSSR count). The van der Waals surface area contributed by atoms with Crippen molar-refractivity contribution in [1.29, 1.82) is 0 Å². The quantitative estimate of drug-likeness (QED) is 0.605. The van der Waals surface area contributed by atoms with Crippen LogP contribution in [0.1, 0.15) is 16.8 Å². The topological polar surface area (TPSA) is 145 Å². The molecule has 0 saturated carbocycles. The van der Waals surface area contributed by atoms with E-state index in [1.807, 2.05) is 0 Å². The largest absolute Gasteiger partial charge is 0.504 e. The second-order valence-electron chi connectivity index (χ2n) is 5.82. The van der Waals surface area contributed by atoms with Gasteiger partial charge in [-0.1, -0.05) is 0 Å². The predicted molar refractivity (Wildman–Crippen MR) is 88.8 cm³/mol. The fourth-order valence-corrected chi connectivity index (χ4v) is 2.74. The van der Waals surface area contributed by atoms with Crippen LogP contribution in [0.5, 0.6) is 5.75 Å². The maximum Gasteiger partial charge on any atom is 0.270 e. The fraction of sp³-hybridized carbons (Fsp3) is 0.375. The maximum atomic E-state index is 12.5. The van der Waals surface area contributed by atoms with Gasteiger partial charge in [-0.25, -0.2) is 4.98 Å². The minimum absolute atomic E-state index is 0.0534. The molecule has 10 nitrogen and oxygen atoms in total. The molecule has 3 heterocycles. The van der Waals surface area contributed by atoms with Gasteiger partial charge in [0.15, 0.2) is 11.4 Å². The van der Waals surface area contributed by atoms with Gasteiger partial charge in [-0.3, -0.25) is 18.8 Å². The summed E-state index contributed by atoms with van der Waals surface area (Å²) in [5.74, 6) is -1.43. The summed E-state index contributed by atoms with van der Waals surface area (Å²) >= 11 is 0. The number of pyridine rings is 1. The molecule has 2 aromatic rings. The molecule has 1 aliphatic heterocycles. The van der Waals surface area contributed by atoms with E-state index in [0.717, 1.165) is 10.6 Å². The van der Waals surface area contributed by atoms with E-state index in [4.69, 9.17) is 15.2 Å². The first kappa shape index (κ1) is 17.8. The SMILES string of the molecule is NC(=O)CO[C@H]1CCOC[C@H]1NC(=O)c1cnc2c(O)cccn2c1=O. The van der Waals surface area contributed by atoms with Gasteiger partial charge in [-0.2, -0.15) is 0 Å². The molecule has 0 spiro atoms. The van der Waals surface area contributed by atoms with Crippen LogP contribution in [0.15, 0.2) is 29.3 Å². The number of nitrogens with two attached hydrogens (primary N) is 1. The summed E-state index contributed by atoms with van der Waals surface area (Å²) in [6.07, 6.45) is 2.53. The van der Waals surface area contributed by atoms with E-state index in [1.165, 1.54) is 18.3 Å². The molecule has 0 radical (unpaired) electrons. The third-order valence-electron chi connectivity index (χ3n) is 4.01. The Labute approximate surface area is 147 Å². The summed E-state index contributed by atoms with van der Waals surface area (Å²) in [5.41, 5.74) is 4.33. The lowest BCUT2D eigenvalue weighted by Gasteiger charge is -2.31. The Kier molecular flexibility index (Phi) is 5.14. The smallest absolute Gasteiger partial charge is 0.270 e. The monoisotopic (exact) mass is 362 g/mol. The first-order valence-corrected chi connectivity index (χ1v) is 7.95. The average Bonchev–Trinajstić information content (AvgIpc) is 2.62. The molecule has 26 heavy (non-hydrogen) atoms. The van der Waals surface area contributed by atoms with Gasteiger partial charge in [0.05, 0.1) is 18.8 Å². The molecule has 0 unspecified atom stereocenters. The number of amides is 2. The zero-order chi connectivity index (χ0) is 18.7. The highest BCUT2D eigenvalue weighted by Gasteiger charge is 2.29. The summed E-state index contributed by atoms with van der Waals surface area (Å²) in [6.45, 7) is 0.337. The fourth-order valence-electron chi connectivity index (χ4n) is 2.74. The average molecular weight is 362 g/mol. The molecule has 138 valence electrons. The zero-order valence-corrected chi connectivity index (χ0v) is 13.8. The molecule has 0 aliphatic carbocycles. The normalized spacial score (nSPS) is 20.0. The van der Waals surface area contributed by atoms with Crippen molar-refractivity contribution < 1.29 is 24.2 Å². The van der Waals surface area contributed by atoms with Crippen LogP contribution in [0.2, 0.25) is 0 Å². The van der Waals surface area contributed by atoms with Crippen molar-refractivity contribution in [1.82, 2.24) is 14.7 Å². The number of fused-ring (bicyclic) bond motifs is 1. The second-order valence-corrected chi connectivity index (χ2v) is 5.82. The molecule has 1 aliphatic rings. The summed E-state index contributed by atoms with van der Waals surface area (Å²) in [7, 11) is 0. The predicted octanol–water partition coefficient (Wildman–Crippen LogP) is -1.21. The van der Waals surface area contributed by atoms with Crippen LogP contribution in [0.4, 0.5) is 0 Å². The van der Waals surface area contributed by atoms with E-state index >= 15 is 0 Å². The number of carbonyl (C=O) groups excluding carboxylic acids is 2. The minimum Gasteiger partial charge on any atom is -0.504 e. The molecule has 2 amide bonds. The van der Waals surface area contributed by atoms with Gasteiger partial charge in [-0.15, -0.1) is 0 Å². The maximum absolute atomic E-state index is 12.5. The first-order valence-electron chi connectivity index (χ1n) is 7.95. The molecular formula is C16H18N4O6. The molecule has 1 saturated heterocycles. The van der Waals surface area contributed by atoms with Crippen LogP contribution in [0.25, 0.3) is 5.65 Å². The van der Waals surface area contributed by atoms with Crippen molar-refractivity contribution in [2.75, 3.05) is 19.8 Å². The molecule has 1 fully saturated rings. The van der Waals surface area contributed by atoms with E-state index in [0.29, 0.717) is 13.0 Å². The zero-order valence-electron chi connectivity index (χ0n) is 13.8. The van der Waals surface area contributed by atoms with Crippen LogP contribution in [-0.2, 0) is 14.3 Å². The van der Waals surface area contributed by atoms with Crippen LogP contribution in [0, 0.1) is 0 Å². The van der Waals surface area contributed by atoms with E-state index < -0.39 is 29.5 Å². The Hall–Kier alpha value is -2.98. The summed E-state index contributed by atoms with van der Waals surface area (Å²) in [5, 5.41) is 12.4. The number of primary amides is 1. The van der Waals surface area contributed by atoms with Gasteiger partial charge < -0.3 is 25.6 Å². The Balaban J connectivity index is 1.80. The molecule has 0 aromatic carbocycles. The number of hydrogen-bond donors (Lipinski definition) is 3. The molecular weight excluding hydrogens is 344 g/mol. The third kappa shape index (κ3) is 3.65. The standard InChI is InChI=1S/C16H18N4O6/c17-13(22)8-26-12-3-5-25-7-10(12)19-15(23)9-6-18-14-11(21)2-1-4-20(14)16(9)24/h1-2,4,6,10,12,21H,3,5,7-8H2,(H2,17,22)(H,19,23)/t10-,12+/m1/s1. The number of aromatic hydroxyl groups is 1. The highest BCUT2D eigenvalue weighted by molar-refractivity contribution is 5.94. The van der Waals surface area contributed by atoms with Crippen LogP contribution in [0.3, 0.4) is 0 Å². The molecule has 10 heteroatoms. The molecule has 4 N–H and O–H groups in total. The van der Waals surface area contributed by atoms with Crippen molar-refractivity contribution in [3.8, 4) is 5.75 Å². The van der Waals surface area contributed by atoms with Gasteiger partial charge in [0.25, 0.3) is 11.5 Å². The summed E-state index contributed by atoms with van der Waals surface area (Å²) in [6, 6.07) is 2.32. The first-order chi connectivity index (χ1) is 12.5. The highest BCUT2D eigenvalue weighted by Crippen LogP contribution is 2.14. The summed E-state index contributed by atoms with van der Waals surface area (Å²) < 4.78 is 11.8. The van der Waals surface area contributed by atoms with Crippen LogP contribution in [-0.4, -0.2) is 58.3 Å². The number of nitrogens with zero attached hydrogens (tertiary/aromatic N) is 2. The van der Waals surface area contributed by atoms with Gasteiger partial charge >= 0.3 is 0 Å². The van der Waals surface area contributed by atoms with Gasteiger partial charge in [-0.05, 0) is 18.6 Å². The van der Waals surface area contributed by atoms with E-state index in [2.05, 4.69) is 10.3 Å². The van der Waals surface area contributed by atoms with E-state index in [9.17, 15) is 19.5 Å². The van der Waals surface area contributed by atoms with Gasteiger partial charge in [0.2, 0.25) is 5.91 Å². The summed E-state index contributed by atoms with van der Waals surface area (Å²) in [4.78, 5) is 39.9. The number of aromatic nitrogens is 2. The van der Waals surface area contributed by atoms with E-state index in [-0.39, 0.29) is 30.2 Å². The third-order valence-corrected chi connectivity index (χ3v) is 4.01. The number of ether oxygens (including phenoxy) is 2. The number of nitrogens with one attached hydrogen (secondary N) is 1. The lowest BCUT2D eigenvalue weighted by molar-refractivity contribution is -0.128. The van der Waals surface area contributed by atoms with Crippen molar-refractivity contribution in [3.63, 3.8) is 0 Å². The van der Waals surface area contributed by atoms with Crippen molar-refractivity contribution in [2.24, 2.45) is 5.73 Å². The number of rotatable bonds is 5. The molecule has 2 aromatic heterocycles. The Bertz CT molecular complexity index is 896. The Morgan fingerprint density at radius 2 is 2.31 bits per heavy atom. The van der Waals surface area contributed by atoms with Gasteiger partial charge in [0, 0.05) is 19.0 Å². The second kappa shape index (κ2) is 7.50. The van der Waals surface area contributed by atoms with Crippen molar-refractivity contribution in [3.05, 3.63) is 40.4 Å². The van der Waals surface area contributed by atoms with E-state index in [1.54, 1.807) is 0 Å². The van der Waals surface area contributed by atoms with Gasteiger partial charge in [0.1, 0.15) is 12.2 Å².